The first-order valence-electron chi connectivity index (χ1n) is 7.87. The molecule has 2 heterocycles. The van der Waals surface area contributed by atoms with Gasteiger partial charge in [0.05, 0.1) is 17.8 Å². The zero-order valence-corrected chi connectivity index (χ0v) is 13.5. The van der Waals surface area contributed by atoms with E-state index in [9.17, 15) is 4.79 Å². The minimum atomic E-state index is 0.0329. The molecule has 0 fully saturated rings. The number of aryl methyl sites for hydroxylation is 3. The molecular weight excluding hydrogens is 290 g/mol. The third-order valence-corrected chi connectivity index (χ3v) is 3.88. The number of nitrogens with zero attached hydrogens (tertiary/aromatic N) is 2. The van der Waals surface area contributed by atoms with E-state index in [4.69, 9.17) is 4.42 Å². The third-order valence-electron chi connectivity index (χ3n) is 3.88. The molecule has 0 bridgehead atoms. The molecule has 23 heavy (non-hydrogen) atoms. The van der Waals surface area contributed by atoms with E-state index in [1.54, 1.807) is 0 Å². The summed E-state index contributed by atoms with van der Waals surface area (Å²) in [6.07, 6.45) is 1.13. The van der Waals surface area contributed by atoms with Gasteiger partial charge in [0.15, 0.2) is 0 Å². The lowest BCUT2D eigenvalue weighted by molar-refractivity contribution is -0.121. The van der Waals surface area contributed by atoms with Crippen molar-refractivity contribution in [3.8, 4) is 0 Å². The molecule has 0 aliphatic rings. The number of carbonyl (C=O) groups excluding carboxylic acids is 1. The molecule has 0 spiro atoms. The van der Waals surface area contributed by atoms with Crippen LogP contribution in [0.25, 0.3) is 10.9 Å². The van der Waals surface area contributed by atoms with Gasteiger partial charge < -0.3 is 9.73 Å². The van der Waals surface area contributed by atoms with Gasteiger partial charge in [-0.15, -0.1) is 0 Å². The van der Waals surface area contributed by atoms with Gasteiger partial charge in [-0.1, -0.05) is 18.2 Å². The molecular formula is C18H21N3O2. The van der Waals surface area contributed by atoms with E-state index < -0.39 is 0 Å². The first-order valence-corrected chi connectivity index (χ1v) is 7.87. The van der Waals surface area contributed by atoms with Crippen molar-refractivity contribution in [2.75, 3.05) is 6.54 Å². The number of benzene rings is 1. The average Bonchev–Trinajstić information content (AvgIpc) is 3.10. The van der Waals surface area contributed by atoms with Crippen molar-refractivity contribution in [1.29, 1.82) is 0 Å². The highest BCUT2D eigenvalue weighted by molar-refractivity contribution is 5.82. The molecule has 3 rings (SSSR count). The summed E-state index contributed by atoms with van der Waals surface area (Å²) in [5, 5.41) is 8.58. The number of hydrogen-bond donors (Lipinski definition) is 1. The summed E-state index contributed by atoms with van der Waals surface area (Å²) in [6, 6.07) is 12.0. The number of amides is 1. The first-order chi connectivity index (χ1) is 11.1. The second-order valence-electron chi connectivity index (χ2n) is 5.69. The molecule has 2 aromatic heterocycles. The Morgan fingerprint density at radius 2 is 2.04 bits per heavy atom. The fourth-order valence-corrected chi connectivity index (χ4v) is 2.70. The predicted octanol–water partition coefficient (Wildman–Crippen LogP) is 3.00. The summed E-state index contributed by atoms with van der Waals surface area (Å²) in [5.74, 6) is 1.83. The largest absolute Gasteiger partial charge is 0.466 e. The maximum Gasteiger partial charge on any atom is 0.221 e. The number of nitrogens with one attached hydrogen (secondary N) is 1. The lowest BCUT2D eigenvalue weighted by Gasteiger charge is -2.05. The van der Waals surface area contributed by atoms with Crippen LogP contribution >= 0.6 is 0 Å². The van der Waals surface area contributed by atoms with Gasteiger partial charge in [-0.05, 0) is 32.0 Å². The Hall–Kier alpha value is -2.56. The topological polar surface area (TPSA) is 60.1 Å². The lowest BCUT2D eigenvalue weighted by Crippen LogP contribution is -2.26. The maximum atomic E-state index is 12.0. The van der Waals surface area contributed by atoms with Gasteiger partial charge in [0.2, 0.25) is 5.91 Å². The quantitative estimate of drug-likeness (QED) is 0.761. The third kappa shape index (κ3) is 3.62. The van der Waals surface area contributed by atoms with Crippen LogP contribution in [-0.4, -0.2) is 22.2 Å². The van der Waals surface area contributed by atoms with Crippen LogP contribution in [0, 0.1) is 13.8 Å². The van der Waals surface area contributed by atoms with Crippen LogP contribution in [0.3, 0.4) is 0 Å². The Kier molecular flexibility index (Phi) is 4.46. The van der Waals surface area contributed by atoms with Crippen molar-refractivity contribution in [2.45, 2.75) is 33.2 Å². The van der Waals surface area contributed by atoms with Crippen LogP contribution in [0.15, 0.2) is 40.8 Å². The van der Waals surface area contributed by atoms with Crippen LogP contribution in [0.1, 0.15) is 23.6 Å². The number of rotatable bonds is 6. The fourth-order valence-electron chi connectivity index (χ4n) is 2.70. The van der Waals surface area contributed by atoms with Crippen LogP contribution in [-0.2, 0) is 17.8 Å². The number of hydrogen-bond acceptors (Lipinski definition) is 3. The second kappa shape index (κ2) is 6.69. The summed E-state index contributed by atoms with van der Waals surface area (Å²) in [4.78, 5) is 12.0. The minimum Gasteiger partial charge on any atom is -0.466 e. The van der Waals surface area contributed by atoms with Gasteiger partial charge in [0.25, 0.3) is 0 Å². The summed E-state index contributed by atoms with van der Waals surface area (Å²) < 4.78 is 7.38. The normalized spacial score (nSPS) is 11.0. The van der Waals surface area contributed by atoms with E-state index in [0.717, 1.165) is 28.1 Å². The summed E-state index contributed by atoms with van der Waals surface area (Å²) >= 11 is 0. The molecule has 5 heteroatoms. The van der Waals surface area contributed by atoms with Crippen molar-refractivity contribution < 1.29 is 9.21 Å². The van der Waals surface area contributed by atoms with Gasteiger partial charge in [-0.2, -0.15) is 5.10 Å². The highest BCUT2D eigenvalue weighted by Crippen LogP contribution is 2.17. The zero-order chi connectivity index (χ0) is 16.2. The predicted molar refractivity (Wildman–Crippen MR) is 89.2 cm³/mol. The van der Waals surface area contributed by atoms with Gasteiger partial charge >= 0.3 is 0 Å². The van der Waals surface area contributed by atoms with Crippen LogP contribution in [0.5, 0.6) is 0 Å². The van der Waals surface area contributed by atoms with Crippen LogP contribution in [0.2, 0.25) is 0 Å². The Morgan fingerprint density at radius 3 is 2.83 bits per heavy atom. The molecule has 3 aromatic rings. The van der Waals surface area contributed by atoms with E-state index in [1.807, 2.05) is 48.9 Å². The van der Waals surface area contributed by atoms with Crippen molar-refractivity contribution in [3.63, 3.8) is 0 Å². The lowest BCUT2D eigenvalue weighted by atomic mass is 10.2. The molecule has 0 atom stereocenters. The Labute approximate surface area is 135 Å². The van der Waals surface area contributed by atoms with Crippen molar-refractivity contribution >= 4 is 16.8 Å². The van der Waals surface area contributed by atoms with Crippen molar-refractivity contribution in [1.82, 2.24) is 15.1 Å². The number of furan rings is 1. The number of para-hydroxylation sites is 1. The molecule has 0 aliphatic carbocycles. The highest BCUT2D eigenvalue weighted by Gasteiger charge is 2.08. The molecule has 1 amide bonds. The monoisotopic (exact) mass is 311 g/mol. The molecule has 0 unspecified atom stereocenters. The fraction of sp³-hybridized carbons (Fsp3) is 0.333. The highest BCUT2D eigenvalue weighted by atomic mass is 16.3. The molecule has 0 radical (unpaired) electrons. The minimum absolute atomic E-state index is 0.0329. The summed E-state index contributed by atoms with van der Waals surface area (Å²) in [5.41, 5.74) is 2.07. The van der Waals surface area contributed by atoms with Gasteiger partial charge in [0.1, 0.15) is 11.5 Å². The maximum absolute atomic E-state index is 12.0. The SMILES string of the molecule is Cc1ccc(CCNC(=O)CCn2nc(C)c3ccccc32)o1. The molecule has 5 nitrogen and oxygen atoms in total. The van der Waals surface area contributed by atoms with Gasteiger partial charge in [-0.25, -0.2) is 0 Å². The van der Waals surface area contributed by atoms with E-state index in [2.05, 4.69) is 16.5 Å². The standard InChI is InChI=1S/C18H21N3O2/c1-13-7-8-15(23-13)9-11-19-18(22)10-12-21-17-6-4-3-5-16(17)14(2)20-21/h3-8H,9-12H2,1-2H3,(H,19,22). The van der Waals surface area contributed by atoms with Crippen LogP contribution < -0.4 is 5.32 Å². The van der Waals surface area contributed by atoms with E-state index in [1.165, 1.54) is 0 Å². The van der Waals surface area contributed by atoms with Crippen molar-refractivity contribution in [2.24, 2.45) is 0 Å². The van der Waals surface area contributed by atoms with Crippen LogP contribution in [0.4, 0.5) is 0 Å². The molecule has 0 saturated carbocycles. The smallest absolute Gasteiger partial charge is 0.221 e. The van der Waals surface area contributed by atoms with Gasteiger partial charge in [-0.3, -0.25) is 9.48 Å². The van der Waals surface area contributed by atoms with Gasteiger partial charge in [0, 0.05) is 24.8 Å². The molecule has 0 aliphatic heterocycles. The zero-order valence-electron chi connectivity index (χ0n) is 13.5. The van der Waals surface area contributed by atoms with E-state index in [-0.39, 0.29) is 5.91 Å². The molecule has 120 valence electrons. The second-order valence-corrected chi connectivity index (χ2v) is 5.69. The molecule has 1 aromatic carbocycles. The Balaban J connectivity index is 1.50. The number of carbonyl (C=O) groups is 1. The van der Waals surface area contributed by atoms with E-state index in [0.29, 0.717) is 25.9 Å². The summed E-state index contributed by atoms with van der Waals surface area (Å²) in [7, 11) is 0. The van der Waals surface area contributed by atoms with E-state index >= 15 is 0 Å². The molecule has 1 N–H and O–H groups in total. The Morgan fingerprint density at radius 1 is 1.22 bits per heavy atom. The Bertz CT molecular complexity index is 817. The first kappa shape index (κ1) is 15.3. The van der Waals surface area contributed by atoms with Crippen molar-refractivity contribution in [3.05, 3.63) is 53.6 Å². The molecule has 0 saturated heterocycles. The number of aromatic nitrogens is 2. The number of fused-ring (bicyclic) bond motifs is 1. The average molecular weight is 311 g/mol. The summed E-state index contributed by atoms with van der Waals surface area (Å²) in [6.45, 7) is 5.08.